The Balaban J connectivity index is 1.58. The molecule has 1 aromatic carbocycles. The second kappa shape index (κ2) is 6.46. The van der Waals surface area contributed by atoms with E-state index in [4.69, 9.17) is 14.2 Å². The summed E-state index contributed by atoms with van der Waals surface area (Å²) in [5.41, 5.74) is 1.24. The summed E-state index contributed by atoms with van der Waals surface area (Å²) < 4.78 is 16.8. The van der Waals surface area contributed by atoms with E-state index < -0.39 is 0 Å². The molecule has 0 spiro atoms. The fourth-order valence-corrected chi connectivity index (χ4v) is 2.71. The van der Waals surface area contributed by atoms with Crippen molar-refractivity contribution < 1.29 is 14.2 Å². The van der Waals surface area contributed by atoms with Gasteiger partial charge in [0.1, 0.15) is 0 Å². The molecule has 2 unspecified atom stereocenters. The summed E-state index contributed by atoms with van der Waals surface area (Å²) in [7, 11) is 0. The highest BCUT2D eigenvalue weighted by Crippen LogP contribution is 2.30. The number of hydrogen-bond donors (Lipinski definition) is 1. The monoisotopic (exact) mass is 277 g/mol. The number of nitrogens with one attached hydrogen (secondary N) is 1. The minimum absolute atomic E-state index is 0.480. The van der Waals surface area contributed by atoms with Crippen LogP contribution in [0.4, 0.5) is 0 Å². The molecule has 0 radical (unpaired) electrons. The molecule has 4 heteroatoms. The Hall–Kier alpha value is -1.26. The lowest BCUT2D eigenvalue weighted by Gasteiger charge is -2.19. The van der Waals surface area contributed by atoms with Gasteiger partial charge in [0.2, 0.25) is 0 Å². The predicted octanol–water partition coefficient (Wildman–Crippen LogP) is 2.36. The molecule has 1 aromatic rings. The highest BCUT2D eigenvalue weighted by atomic mass is 16.5. The lowest BCUT2D eigenvalue weighted by atomic mass is 10.0. The van der Waals surface area contributed by atoms with Crippen LogP contribution in [-0.4, -0.2) is 32.5 Å². The molecule has 1 N–H and O–H groups in total. The predicted molar refractivity (Wildman–Crippen MR) is 77.3 cm³/mol. The first-order valence-electron chi connectivity index (χ1n) is 7.52. The zero-order valence-corrected chi connectivity index (χ0v) is 12.1. The molecular weight excluding hydrogens is 254 g/mol. The van der Waals surface area contributed by atoms with Gasteiger partial charge in [-0.05, 0) is 37.0 Å². The molecule has 2 heterocycles. The number of hydrogen-bond acceptors (Lipinski definition) is 4. The summed E-state index contributed by atoms with van der Waals surface area (Å²) in [6.45, 7) is 6.36. The van der Waals surface area contributed by atoms with Gasteiger partial charge in [-0.1, -0.05) is 6.07 Å². The van der Waals surface area contributed by atoms with Crippen LogP contribution in [0.15, 0.2) is 18.2 Å². The molecule has 1 saturated heterocycles. The standard InChI is InChI=1S/C16H23NO3/c1-12(14-5-8-18-11-14)17-10-13-3-4-15-16(9-13)20-7-2-6-19-15/h3-4,9,12,14,17H,2,5-8,10-11H2,1H3. The molecule has 110 valence electrons. The third kappa shape index (κ3) is 3.25. The van der Waals surface area contributed by atoms with Gasteiger partial charge in [0.15, 0.2) is 11.5 Å². The fourth-order valence-electron chi connectivity index (χ4n) is 2.71. The summed E-state index contributed by atoms with van der Waals surface area (Å²) in [5.74, 6) is 2.37. The summed E-state index contributed by atoms with van der Waals surface area (Å²) in [5, 5.41) is 3.59. The summed E-state index contributed by atoms with van der Waals surface area (Å²) >= 11 is 0. The smallest absolute Gasteiger partial charge is 0.161 e. The molecule has 2 aliphatic rings. The van der Waals surface area contributed by atoms with Crippen LogP contribution in [0.3, 0.4) is 0 Å². The molecule has 0 aromatic heterocycles. The van der Waals surface area contributed by atoms with Gasteiger partial charge in [0.25, 0.3) is 0 Å². The van der Waals surface area contributed by atoms with Gasteiger partial charge in [-0.15, -0.1) is 0 Å². The fraction of sp³-hybridized carbons (Fsp3) is 0.625. The van der Waals surface area contributed by atoms with Gasteiger partial charge in [-0.2, -0.15) is 0 Å². The van der Waals surface area contributed by atoms with Crippen LogP contribution in [-0.2, 0) is 11.3 Å². The zero-order chi connectivity index (χ0) is 13.8. The van der Waals surface area contributed by atoms with E-state index in [0.29, 0.717) is 12.0 Å². The maximum atomic E-state index is 5.72. The van der Waals surface area contributed by atoms with Gasteiger partial charge in [-0.25, -0.2) is 0 Å². The van der Waals surface area contributed by atoms with E-state index in [0.717, 1.165) is 57.3 Å². The van der Waals surface area contributed by atoms with Crippen LogP contribution in [0.2, 0.25) is 0 Å². The molecule has 2 aliphatic heterocycles. The maximum Gasteiger partial charge on any atom is 0.161 e. The first-order chi connectivity index (χ1) is 9.83. The van der Waals surface area contributed by atoms with Gasteiger partial charge in [-0.3, -0.25) is 0 Å². The number of rotatable bonds is 4. The average Bonchev–Trinajstić information content (AvgIpc) is 2.90. The van der Waals surface area contributed by atoms with Crippen molar-refractivity contribution in [3.63, 3.8) is 0 Å². The average molecular weight is 277 g/mol. The quantitative estimate of drug-likeness (QED) is 0.917. The summed E-state index contributed by atoms with van der Waals surface area (Å²) in [6, 6.07) is 6.69. The van der Waals surface area contributed by atoms with Crippen molar-refractivity contribution in [2.45, 2.75) is 32.4 Å². The van der Waals surface area contributed by atoms with Crippen LogP contribution in [0.1, 0.15) is 25.3 Å². The normalized spacial score (nSPS) is 23.4. The lowest BCUT2D eigenvalue weighted by Crippen LogP contribution is -2.33. The van der Waals surface area contributed by atoms with Crippen LogP contribution in [0.25, 0.3) is 0 Å². The molecule has 3 rings (SSSR count). The van der Waals surface area contributed by atoms with Crippen LogP contribution >= 0.6 is 0 Å². The first kappa shape index (κ1) is 13.7. The molecule has 0 bridgehead atoms. The molecular formula is C16H23NO3. The van der Waals surface area contributed by atoms with Crippen LogP contribution in [0, 0.1) is 5.92 Å². The molecule has 0 aliphatic carbocycles. The van der Waals surface area contributed by atoms with Gasteiger partial charge >= 0.3 is 0 Å². The minimum Gasteiger partial charge on any atom is -0.490 e. The summed E-state index contributed by atoms with van der Waals surface area (Å²) in [6.07, 6.45) is 2.11. The van der Waals surface area contributed by atoms with E-state index in [-0.39, 0.29) is 0 Å². The van der Waals surface area contributed by atoms with Gasteiger partial charge < -0.3 is 19.5 Å². The Morgan fingerprint density at radius 2 is 2.05 bits per heavy atom. The topological polar surface area (TPSA) is 39.7 Å². The van der Waals surface area contributed by atoms with Crippen LogP contribution < -0.4 is 14.8 Å². The molecule has 0 amide bonds. The third-order valence-electron chi connectivity index (χ3n) is 4.11. The van der Waals surface area contributed by atoms with Crippen molar-refractivity contribution in [2.75, 3.05) is 26.4 Å². The largest absolute Gasteiger partial charge is 0.490 e. The molecule has 20 heavy (non-hydrogen) atoms. The second-order valence-electron chi connectivity index (χ2n) is 5.62. The molecule has 2 atom stereocenters. The Morgan fingerprint density at radius 3 is 2.85 bits per heavy atom. The van der Waals surface area contributed by atoms with Gasteiger partial charge in [0, 0.05) is 25.6 Å². The Morgan fingerprint density at radius 1 is 1.20 bits per heavy atom. The zero-order valence-electron chi connectivity index (χ0n) is 12.1. The Labute approximate surface area is 120 Å². The van der Waals surface area contributed by atoms with Crippen molar-refractivity contribution in [2.24, 2.45) is 5.92 Å². The second-order valence-corrected chi connectivity index (χ2v) is 5.62. The van der Waals surface area contributed by atoms with Gasteiger partial charge in [0.05, 0.1) is 19.8 Å². The number of benzene rings is 1. The van der Waals surface area contributed by atoms with Crippen molar-refractivity contribution in [3.8, 4) is 11.5 Å². The number of ether oxygens (including phenoxy) is 3. The van der Waals surface area contributed by atoms with Crippen molar-refractivity contribution in [3.05, 3.63) is 23.8 Å². The molecule has 1 fully saturated rings. The highest BCUT2D eigenvalue weighted by Gasteiger charge is 2.21. The highest BCUT2D eigenvalue weighted by molar-refractivity contribution is 5.43. The van der Waals surface area contributed by atoms with E-state index in [1.54, 1.807) is 0 Å². The van der Waals surface area contributed by atoms with E-state index in [1.165, 1.54) is 5.56 Å². The minimum atomic E-state index is 0.480. The molecule has 4 nitrogen and oxygen atoms in total. The van der Waals surface area contributed by atoms with E-state index >= 15 is 0 Å². The molecule has 0 saturated carbocycles. The Bertz CT molecular complexity index is 443. The van der Waals surface area contributed by atoms with Crippen LogP contribution in [0.5, 0.6) is 11.5 Å². The SMILES string of the molecule is CC(NCc1ccc2c(c1)OCCCO2)C1CCOC1. The van der Waals surface area contributed by atoms with Crippen molar-refractivity contribution in [1.82, 2.24) is 5.32 Å². The first-order valence-corrected chi connectivity index (χ1v) is 7.52. The Kier molecular flexibility index (Phi) is 4.43. The lowest BCUT2D eigenvalue weighted by molar-refractivity contribution is 0.178. The van der Waals surface area contributed by atoms with E-state index in [1.807, 2.05) is 6.07 Å². The summed E-state index contributed by atoms with van der Waals surface area (Å²) in [4.78, 5) is 0. The third-order valence-corrected chi connectivity index (χ3v) is 4.11. The van der Waals surface area contributed by atoms with E-state index in [2.05, 4.69) is 24.4 Å². The van der Waals surface area contributed by atoms with Crippen molar-refractivity contribution in [1.29, 1.82) is 0 Å². The number of fused-ring (bicyclic) bond motifs is 1. The maximum absolute atomic E-state index is 5.72. The van der Waals surface area contributed by atoms with E-state index in [9.17, 15) is 0 Å². The van der Waals surface area contributed by atoms with Crippen molar-refractivity contribution >= 4 is 0 Å².